The van der Waals surface area contributed by atoms with Crippen molar-refractivity contribution >= 4 is 32.3 Å². The van der Waals surface area contributed by atoms with Crippen LogP contribution in [0.4, 0.5) is 11.4 Å². The van der Waals surface area contributed by atoms with Crippen LogP contribution in [0.3, 0.4) is 0 Å². The molecule has 2 N–H and O–H groups in total. The highest BCUT2D eigenvalue weighted by Crippen LogP contribution is 2.28. The lowest BCUT2D eigenvalue weighted by Gasteiger charge is -2.38. The largest absolute Gasteiger partial charge is 0.369 e. The predicted molar refractivity (Wildman–Crippen MR) is 153 cm³/mol. The van der Waals surface area contributed by atoms with Gasteiger partial charge in [0, 0.05) is 54.7 Å². The molecule has 5 rings (SSSR count). The average Bonchev–Trinajstić information content (AvgIpc) is 2.87. The standard InChI is InChI=1S/C29H32N4O3S/c1-20(2)32-13-15-33(16-14-32)26-10-7-21(8-11-26)22-9-12-28-24(17-22)19-27(29(34)30-28)23-5-4-6-25(18-23)31-37(3,35)36/h4-12,17-20,31H,13-16H2,1-3H3,(H,30,34). The summed E-state index contributed by atoms with van der Waals surface area (Å²) in [5.41, 5.74) is 5.48. The zero-order valence-corrected chi connectivity index (χ0v) is 22.2. The quantitative estimate of drug-likeness (QED) is 0.386. The van der Waals surface area contributed by atoms with Gasteiger partial charge >= 0.3 is 0 Å². The molecule has 1 aliphatic rings. The zero-order valence-electron chi connectivity index (χ0n) is 21.4. The van der Waals surface area contributed by atoms with Gasteiger partial charge in [-0.05, 0) is 78.4 Å². The molecule has 192 valence electrons. The Labute approximate surface area is 217 Å². The Kier molecular flexibility index (Phi) is 6.79. The molecular weight excluding hydrogens is 484 g/mol. The first-order valence-corrected chi connectivity index (χ1v) is 14.4. The number of hydrogen-bond acceptors (Lipinski definition) is 5. The third kappa shape index (κ3) is 5.70. The molecule has 0 bridgehead atoms. The first-order chi connectivity index (χ1) is 17.7. The molecule has 1 aliphatic heterocycles. The number of hydrogen-bond donors (Lipinski definition) is 2. The lowest BCUT2D eigenvalue weighted by molar-refractivity contribution is 0.209. The third-order valence-corrected chi connectivity index (χ3v) is 7.54. The first-order valence-electron chi connectivity index (χ1n) is 12.5. The molecule has 37 heavy (non-hydrogen) atoms. The normalized spacial score (nSPS) is 14.9. The number of benzene rings is 3. The van der Waals surface area contributed by atoms with Crippen molar-refractivity contribution < 1.29 is 8.42 Å². The number of H-pyrrole nitrogens is 1. The number of rotatable bonds is 6. The highest BCUT2D eigenvalue weighted by atomic mass is 32.2. The molecule has 2 heterocycles. The molecule has 1 aromatic heterocycles. The van der Waals surface area contributed by atoms with Crippen molar-refractivity contribution in [2.45, 2.75) is 19.9 Å². The van der Waals surface area contributed by atoms with Crippen molar-refractivity contribution in [3.8, 4) is 22.3 Å². The molecule has 3 aromatic carbocycles. The van der Waals surface area contributed by atoms with Crippen molar-refractivity contribution in [3.05, 3.63) is 83.2 Å². The number of anilines is 2. The van der Waals surface area contributed by atoms with Gasteiger partial charge in [0.1, 0.15) is 0 Å². The summed E-state index contributed by atoms with van der Waals surface area (Å²) in [6, 6.07) is 24.0. The second kappa shape index (κ2) is 10.0. The van der Waals surface area contributed by atoms with Crippen molar-refractivity contribution in [1.29, 1.82) is 0 Å². The van der Waals surface area contributed by atoms with Crippen LogP contribution >= 0.6 is 0 Å². The van der Waals surface area contributed by atoms with Crippen LogP contribution in [0.15, 0.2) is 77.6 Å². The maximum absolute atomic E-state index is 12.8. The van der Waals surface area contributed by atoms with Crippen molar-refractivity contribution in [2.75, 3.05) is 42.1 Å². The summed E-state index contributed by atoms with van der Waals surface area (Å²) in [6.45, 7) is 8.73. The predicted octanol–water partition coefficient (Wildman–Crippen LogP) is 4.76. The van der Waals surface area contributed by atoms with E-state index in [9.17, 15) is 13.2 Å². The fourth-order valence-electron chi connectivity index (χ4n) is 4.93. The Hall–Kier alpha value is -3.62. The Morgan fingerprint density at radius 3 is 2.22 bits per heavy atom. The van der Waals surface area contributed by atoms with Crippen LogP contribution in [0.1, 0.15) is 13.8 Å². The zero-order chi connectivity index (χ0) is 26.2. The van der Waals surface area contributed by atoms with Gasteiger partial charge in [-0.2, -0.15) is 0 Å². The summed E-state index contributed by atoms with van der Waals surface area (Å²) in [5, 5.41) is 0.905. The van der Waals surface area contributed by atoms with Gasteiger partial charge in [0.05, 0.1) is 6.26 Å². The fraction of sp³-hybridized carbons (Fsp3) is 0.276. The summed E-state index contributed by atoms with van der Waals surface area (Å²) < 4.78 is 25.7. The molecule has 4 aromatic rings. The SMILES string of the molecule is CC(C)N1CCN(c2ccc(-c3ccc4[nH]c(=O)c(-c5cccc(NS(C)(=O)=O)c5)cc4c3)cc2)CC1. The number of pyridine rings is 1. The minimum atomic E-state index is -3.41. The molecule has 0 unspecified atom stereocenters. The number of aromatic nitrogens is 1. The highest BCUT2D eigenvalue weighted by Gasteiger charge is 2.19. The van der Waals surface area contributed by atoms with Crippen LogP contribution in [-0.4, -0.2) is 56.8 Å². The van der Waals surface area contributed by atoms with E-state index >= 15 is 0 Å². The van der Waals surface area contributed by atoms with Crippen molar-refractivity contribution in [3.63, 3.8) is 0 Å². The Morgan fingerprint density at radius 2 is 1.54 bits per heavy atom. The molecule has 8 heteroatoms. The lowest BCUT2D eigenvalue weighted by atomic mass is 10.00. The molecule has 1 fully saturated rings. The lowest BCUT2D eigenvalue weighted by Crippen LogP contribution is -2.48. The minimum Gasteiger partial charge on any atom is -0.369 e. The second-order valence-corrected chi connectivity index (χ2v) is 11.7. The highest BCUT2D eigenvalue weighted by molar-refractivity contribution is 7.92. The van der Waals surface area contributed by atoms with Gasteiger partial charge in [-0.1, -0.05) is 30.3 Å². The van der Waals surface area contributed by atoms with E-state index in [1.165, 1.54) is 5.69 Å². The maximum Gasteiger partial charge on any atom is 0.256 e. The van der Waals surface area contributed by atoms with Gasteiger partial charge < -0.3 is 9.88 Å². The van der Waals surface area contributed by atoms with Gasteiger partial charge in [0.2, 0.25) is 10.0 Å². The van der Waals surface area contributed by atoms with E-state index in [1.807, 2.05) is 18.2 Å². The molecule has 0 aliphatic carbocycles. The van der Waals surface area contributed by atoms with Crippen molar-refractivity contribution in [1.82, 2.24) is 9.88 Å². The molecule has 0 atom stereocenters. The Morgan fingerprint density at radius 1 is 0.838 bits per heavy atom. The molecule has 7 nitrogen and oxygen atoms in total. The van der Waals surface area contributed by atoms with Crippen molar-refractivity contribution in [2.24, 2.45) is 0 Å². The smallest absolute Gasteiger partial charge is 0.256 e. The van der Waals surface area contributed by atoms with Gasteiger partial charge in [0.25, 0.3) is 5.56 Å². The molecule has 0 saturated carbocycles. The van der Waals surface area contributed by atoms with Gasteiger partial charge in [-0.15, -0.1) is 0 Å². The van der Waals surface area contributed by atoms with Crippen LogP contribution < -0.4 is 15.2 Å². The van der Waals surface area contributed by atoms with E-state index in [0.717, 1.165) is 54.5 Å². The third-order valence-electron chi connectivity index (χ3n) is 6.93. The number of nitrogens with zero attached hydrogens (tertiary/aromatic N) is 2. The minimum absolute atomic E-state index is 0.223. The van der Waals surface area contributed by atoms with E-state index < -0.39 is 10.0 Å². The van der Waals surface area contributed by atoms with E-state index in [4.69, 9.17) is 0 Å². The Balaban J connectivity index is 1.41. The first kappa shape index (κ1) is 25.0. The molecule has 0 spiro atoms. The van der Waals surface area contributed by atoms with Crippen LogP contribution in [0.2, 0.25) is 0 Å². The van der Waals surface area contributed by atoms with Crippen LogP contribution in [0.25, 0.3) is 33.2 Å². The number of aromatic amines is 1. The van der Waals surface area contributed by atoms with Gasteiger partial charge in [-0.3, -0.25) is 14.4 Å². The van der Waals surface area contributed by atoms with E-state index in [-0.39, 0.29) is 5.56 Å². The van der Waals surface area contributed by atoms with E-state index in [0.29, 0.717) is 22.9 Å². The average molecular weight is 517 g/mol. The molecule has 0 amide bonds. The number of sulfonamides is 1. The summed E-state index contributed by atoms with van der Waals surface area (Å²) in [5.74, 6) is 0. The van der Waals surface area contributed by atoms with Gasteiger partial charge in [0.15, 0.2) is 0 Å². The molecule has 0 radical (unpaired) electrons. The summed E-state index contributed by atoms with van der Waals surface area (Å²) in [7, 11) is -3.41. The van der Waals surface area contributed by atoms with Crippen LogP contribution in [-0.2, 0) is 10.0 Å². The summed E-state index contributed by atoms with van der Waals surface area (Å²) in [6.07, 6.45) is 1.10. The van der Waals surface area contributed by atoms with Crippen LogP contribution in [0, 0.1) is 0 Å². The number of nitrogens with one attached hydrogen (secondary N) is 2. The fourth-order valence-corrected chi connectivity index (χ4v) is 5.48. The molecular formula is C29H32N4O3S. The summed E-state index contributed by atoms with van der Waals surface area (Å²) in [4.78, 5) is 20.7. The summed E-state index contributed by atoms with van der Waals surface area (Å²) >= 11 is 0. The van der Waals surface area contributed by atoms with Crippen LogP contribution in [0.5, 0.6) is 0 Å². The van der Waals surface area contributed by atoms with Gasteiger partial charge in [-0.25, -0.2) is 8.42 Å². The number of fused-ring (bicyclic) bond motifs is 1. The molecule has 1 saturated heterocycles. The topological polar surface area (TPSA) is 85.5 Å². The van der Waals surface area contributed by atoms with E-state index in [1.54, 1.807) is 24.3 Å². The maximum atomic E-state index is 12.8. The number of piperazine rings is 1. The second-order valence-electron chi connectivity index (χ2n) is 9.93. The van der Waals surface area contributed by atoms with E-state index in [2.05, 4.69) is 63.7 Å². The Bertz CT molecular complexity index is 1590. The monoisotopic (exact) mass is 516 g/mol.